The average Bonchev–Trinajstić information content (AvgIpc) is 3.25. The number of nitrogens with zero attached hydrogens (tertiary/aromatic N) is 3. The Kier molecular flexibility index (Phi) is 5.73. The maximum absolute atomic E-state index is 12.3. The monoisotopic (exact) mass is 395 g/mol. The number of hydrogen-bond acceptors (Lipinski definition) is 6. The smallest absolute Gasteiger partial charge is 0.214 e. The Labute approximate surface area is 159 Å². The van der Waals surface area contributed by atoms with Gasteiger partial charge in [0.15, 0.2) is 11.5 Å². The van der Waals surface area contributed by atoms with E-state index >= 15 is 0 Å². The molecule has 2 heterocycles. The highest BCUT2D eigenvalue weighted by Crippen LogP contribution is 2.35. The summed E-state index contributed by atoms with van der Waals surface area (Å²) in [6.45, 7) is 3.09. The largest absolute Gasteiger partial charge is 0.504 e. The van der Waals surface area contributed by atoms with Gasteiger partial charge in [-0.2, -0.15) is 0 Å². The first kappa shape index (κ1) is 19.7. The van der Waals surface area contributed by atoms with Gasteiger partial charge in [0.05, 0.1) is 31.6 Å². The fourth-order valence-corrected chi connectivity index (χ4v) is 4.36. The molecule has 2 aromatic rings. The molecule has 0 spiro atoms. The normalized spacial score (nSPS) is 20.3. The number of sulfonamides is 1. The van der Waals surface area contributed by atoms with Crippen molar-refractivity contribution >= 4 is 10.0 Å². The first-order valence-electron chi connectivity index (χ1n) is 8.80. The zero-order valence-corrected chi connectivity index (χ0v) is 16.5. The predicted octanol–water partition coefficient (Wildman–Crippen LogP) is 1.73. The molecule has 9 heteroatoms. The minimum Gasteiger partial charge on any atom is -0.504 e. The number of phenolic OH excluding ortho intramolecular Hbond substituents is 1. The second kappa shape index (κ2) is 7.87. The van der Waals surface area contributed by atoms with Gasteiger partial charge in [-0.15, -0.1) is 0 Å². The number of hydrogen-bond donors (Lipinski definition) is 1. The predicted molar refractivity (Wildman–Crippen MR) is 101 cm³/mol. The molecule has 1 aromatic carbocycles. The average molecular weight is 395 g/mol. The Bertz CT molecular complexity index is 894. The molecule has 1 aliphatic rings. The van der Waals surface area contributed by atoms with Gasteiger partial charge in [-0.25, -0.2) is 17.7 Å². The summed E-state index contributed by atoms with van der Waals surface area (Å²) in [6, 6.07) is 4.93. The van der Waals surface area contributed by atoms with Gasteiger partial charge in [0, 0.05) is 38.0 Å². The molecular formula is C18H25N3O5S. The first-order valence-corrected chi connectivity index (χ1v) is 10.4. The second-order valence-corrected chi connectivity index (χ2v) is 8.93. The Morgan fingerprint density at radius 1 is 1.37 bits per heavy atom. The molecular weight excluding hydrogens is 370 g/mol. The van der Waals surface area contributed by atoms with Crippen LogP contribution in [0.4, 0.5) is 0 Å². The minimum absolute atomic E-state index is 0.0159. The van der Waals surface area contributed by atoms with Crippen molar-refractivity contribution in [3.8, 4) is 22.9 Å². The molecule has 1 aliphatic heterocycles. The van der Waals surface area contributed by atoms with Gasteiger partial charge in [0.1, 0.15) is 5.82 Å². The molecule has 0 unspecified atom stereocenters. The van der Waals surface area contributed by atoms with Gasteiger partial charge in [0.25, 0.3) is 0 Å². The van der Waals surface area contributed by atoms with Gasteiger partial charge in [0.2, 0.25) is 10.0 Å². The number of benzene rings is 1. The standard InChI is InChI=1S/C18H25N3O5S/c1-4-26-17-9-13(5-6-16(17)22)18-19-7-8-21(18)15-11-25-10-14(15)12-27(23,24)20(2)3/h5-9,14-15,22H,4,10-12H2,1-3H3/t14-,15+/m0/s1. The van der Waals surface area contributed by atoms with Gasteiger partial charge in [-0.1, -0.05) is 0 Å². The lowest BCUT2D eigenvalue weighted by molar-refractivity contribution is 0.182. The summed E-state index contributed by atoms with van der Waals surface area (Å²) in [5, 5.41) is 9.92. The molecule has 0 amide bonds. The molecule has 1 N–H and O–H groups in total. The van der Waals surface area contributed by atoms with Crippen LogP contribution in [-0.2, 0) is 14.8 Å². The van der Waals surface area contributed by atoms with Crippen LogP contribution in [0.2, 0.25) is 0 Å². The summed E-state index contributed by atoms with van der Waals surface area (Å²) in [7, 11) is -0.264. The van der Waals surface area contributed by atoms with Crippen LogP contribution in [-0.4, -0.2) is 67.0 Å². The highest BCUT2D eigenvalue weighted by molar-refractivity contribution is 7.89. The van der Waals surface area contributed by atoms with Crippen LogP contribution in [0.15, 0.2) is 30.6 Å². The number of ether oxygens (including phenoxy) is 2. The minimum atomic E-state index is -3.34. The summed E-state index contributed by atoms with van der Waals surface area (Å²) in [5.74, 6) is 0.978. The first-order chi connectivity index (χ1) is 12.8. The van der Waals surface area contributed by atoms with Crippen molar-refractivity contribution in [1.29, 1.82) is 0 Å². The zero-order valence-electron chi connectivity index (χ0n) is 15.7. The third-order valence-electron chi connectivity index (χ3n) is 4.69. The van der Waals surface area contributed by atoms with E-state index in [1.165, 1.54) is 18.4 Å². The third-order valence-corrected chi connectivity index (χ3v) is 6.65. The fraction of sp³-hybridized carbons (Fsp3) is 0.500. The van der Waals surface area contributed by atoms with E-state index in [-0.39, 0.29) is 23.5 Å². The number of rotatable bonds is 7. The van der Waals surface area contributed by atoms with Crippen LogP contribution in [0, 0.1) is 5.92 Å². The SMILES string of the molecule is CCOc1cc(-c2nccn2[C@@H]2COC[C@H]2CS(=O)(=O)N(C)C)ccc1O. The lowest BCUT2D eigenvalue weighted by atomic mass is 10.1. The maximum atomic E-state index is 12.3. The fourth-order valence-electron chi connectivity index (χ4n) is 3.20. The van der Waals surface area contributed by atoms with Gasteiger partial charge in [-0.3, -0.25) is 0 Å². The van der Waals surface area contributed by atoms with Crippen LogP contribution < -0.4 is 4.74 Å². The van der Waals surface area contributed by atoms with E-state index in [0.717, 1.165) is 5.56 Å². The number of imidazole rings is 1. The lowest BCUT2D eigenvalue weighted by Gasteiger charge is -2.22. The molecule has 2 atom stereocenters. The van der Waals surface area contributed by atoms with Crippen LogP contribution >= 0.6 is 0 Å². The van der Waals surface area contributed by atoms with Gasteiger partial charge < -0.3 is 19.1 Å². The molecule has 1 aromatic heterocycles. The molecule has 0 bridgehead atoms. The van der Waals surface area contributed by atoms with E-state index < -0.39 is 10.0 Å². The van der Waals surface area contributed by atoms with Crippen molar-refractivity contribution in [1.82, 2.24) is 13.9 Å². The lowest BCUT2D eigenvalue weighted by Crippen LogP contribution is -2.32. The van der Waals surface area contributed by atoms with Gasteiger partial charge in [-0.05, 0) is 25.1 Å². The van der Waals surface area contributed by atoms with E-state index in [4.69, 9.17) is 9.47 Å². The van der Waals surface area contributed by atoms with Crippen molar-refractivity contribution in [2.75, 3.05) is 39.7 Å². The summed E-state index contributed by atoms with van der Waals surface area (Å²) in [5.41, 5.74) is 0.780. The van der Waals surface area contributed by atoms with Crippen LogP contribution in [0.3, 0.4) is 0 Å². The van der Waals surface area contributed by atoms with E-state index in [0.29, 0.717) is 31.4 Å². The molecule has 27 heavy (non-hydrogen) atoms. The maximum Gasteiger partial charge on any atom is 0.214 e. The molecule has 148 valence electrons. The molecule has 0 saturated carbocycles. The summed E-state index contributed by atoms with van der Waals surface area (Å²) in [4.78, 5) is 4.44. The van der Waals surface area contributed by atoms with Crippen molar-refractivity contribution in [3.05, 3.63) is 30.6 Å². The zero-order chi connectivity index (χ0) is 19.6. The van der Waals surface area contributed by atoms with Gasteiger partial charge >= 0.3 is 0 Å². The van der Waals surface area contributed by atoms with E-state index in [2.05, 4.69) is 4.98 Å². The molecule has 3 rings (SSSR count). The Morgan fingerprint density at radius 2 is 2.15 bits per heavy atom. The Balaban J connectivity index is 1.91. The Morgan fingerprint density at radius 3 is 2.85 bits per heavy atom. The highest BCUT2D eigenvalue weighted by Gasteiger charge is 2.35. The van der Waals surface area contributed by atoms with Crippen LogP contribution in [0.5, 0.6) is 11.5 Å². The summed E-state index contributed by atoms with van der Waals surface area (Å²) >= 11 is 0. The van der Waals surface area contributed by atoms with Crippen LogP contribution in [0.25, 0.3) is 11.4 Å². The quantitative estimate of drug-likeness (QED) is 0.767. The number of aromatic nitrogens is 2. The number of phenols is 1. The second-order valence-electron chi connectivity index (χ2n) is 6.70. The molecule has 8 nitrogen and oxygen atoms in total. The number of aromatic hydroxyl groups is 1. The highest BCUT2D eigenvalue weighted by atomic mass is 32.2. The topological polar surface area (TPSA) is 93.9 Å². The Hall–Kier alpha value is -2.10. The van der Waals surface area contributed by atoms with Crippen molar-refractivity contribution in [2.45, 2.75) is 13.0 Å². The van der Waals surface area contributed by atoms with Crippen molar-refractivity contribution < 1.29 is 23.0 Å². The van der Waals surface area contributed by atoms with E-state index in [1.54, 1.807) is 24.4 Å². The third kappa shape index (κ3) is 4.10. The molecule has 1 fully saturated rings. The van der Waals surface area contributed by atoms with Crippen molar-refractivity contribution in [2.24, 2.45) is 5.92 Å². The van der Waals surface area contributed by atoms with E-state index in [1.807, 2.05) is 17.7 Å². The molecule has 0 radical (unpaired) electrons. The van der Waals surface area contributed by atoms with Crippen LogP contribution in [0.1, 0.15) is 13.0 Å². The summed E-state index contributed by atoms with van der Waals surface area (Å²) in [6.07, 6.45) is 3.51. The summed E-state index contributed by atoms with van der Waals surface area (Å²) < 4.78 is 38.9. The molecule has 0 aliphatic carbocycles. The van der Waals surface area contributed by atoms with E-state index in [9.17, 15) is 13.5 Å². The van der Waals surface area contributed by atoms with Crippen molar-refractivity contribution in [3.63, 3.8) is 0 Å². The molecule has 1 saturated heterocycles.